The van der Waals surface area contributed by atoms with E-state index in [2.05, 4.69) is 6.92 Å². The third-order valence-electron chi connectivity index (χ3n) is 6.94. The first-order valence-electron chi connectivity index (χ1n) is 14.6. The molecule has 1 aliphatic heterocycles. The molecular weight excluding hydrogens is 534 g/mol. The fourth-order valence-corrected chi connectivity index (χ4v) is 5.29. The van der Waals surface area contributed by atoms with E-state index >= 15 is 0 Å². The lowest BCUT2D eigenvalue weighted by molar-refractivity contribution is -0.296. The van der Waals surface area contributed by atoms with Crippen LogP contribution in [0.5, 0.6) is 0 Å². The lowest BCUT2D eigenvalue weighted by atomic mass is 10.00. The Labute approximate surface area is 233 Å². The van der Waals surface area contributed by atoms with E-state index in [4.69, 9.17) is 18.8 Å². The van der Waals surface area contributed by atoms with Gasteiger partial charge in [-0.3, -0.25) is 9.35 Å². The maximum absolute atomic E-state index is 13.4. The van der Waals surface area contributed by atoms with Crippen LogP contribution < -0.4 is 0 Å². The molecule has 12 heteroatoms. The number of esters is 1. The second-order valence-electron chi connectivity index (χ2n) is 10.6. The number of halogens is 1. The first-order valence-corrected chi connectivity index (χ1v) is 16.2. The van der Waals surface area contributed by atoms with Gasteiger partial charge in [0.1, 0.15) is 36.8 Å². The highest BCUT2D eigenvalue weighted by molar-refractivity contribution is 7.85. The zero-order valence-electron chi connectivity index (χ0n) is 23.4. The van der Waals surface area contributed by atoms with Crippen LogP contribution in [0.3, 0.4) is 0 Å². The van der Waals surface area contributed by atoms with Gasteiger partial charge in [-0.25, -0.2) is 4.39 Å². The highest BCUT2D eigenvalue weighted by Crippen LogP contribution is 2.23. The molecule has 232 valence electrons. The van der Waals surface area contributed by atoms with Crippen molar-refractivity contribution in [1.29, 1.82) is 0 Å². The van der Waals surface area contributed by atoms with Crippen molar-refractivity contribution in [3.8, 4) is 0 Å². The minimum absolute atomic E-state index is 0.138. The molecule has 4 N–H and O–H groups in total. The number of ether oxygens (including phenoxy) is 3. The van der Waals surface area contributed by atoms with Crippen molar-refractivity contribution < 1.29 is 51.7 Å². The number of hydrogen-bond acceptors (Lipinski definition) is 9. The van der Waals surface area contributed by atoms with Crippen molar-refractivity contribution in [2.45, 2.75) is 146 Å². The summed E-state index contributed by atoms with van der Waals surface area (Å²) >= 11 is 0. The van der Waals surface area contributed by atoms with Crippen molar-refractivity contribution in [2.75, 3.05) is 19.0 Å². The lowest BCUT2D eigenvalue weighted by Crippen LogP contribution is -2.60. The molecule has 1 heterocycles. The largest absolute Gasteiger partial charge is 0.457 e. The van der Waals surface area contributed by atoms with Gasteiger partial charge in [-0.1, -0.05) is 96.8 Å². The molecule has 1 aliphatic rings. The van der Waals surface area contributed by atoms with Gasteiger partial charge < -0.3 is 29.5 Å². The van der Waals surface area contributed by atoms with Crippen LogP contribution >= 0.6 is 0 Å². The molecule has 3 unspecified atom stereocenters. The van der Waals surface area contributed by atoms with Gasteiger partial charge >= 0.3 is 5.97 Å². The van der Waals surface area contributed by atoms with Crippen LogP contribution in [0, 0.1) is 0 Å². The topological polar surface area (TPSA) is 160 Å². The Hall–Kier alpha value is -0.890. The van der Waals surface area contributed by atoms with Crippen molar-refractivity contribution in [1.82, 2.24) is 0 Å². The quantitative estimate of drug-likeness (QED) is 0.0788. The number of aliphatic hydroxyl groups excluding tert-OH is 3. The summed E-state index contributed by atoms with van der Waals surface area (Å²) in [4.78, 5) is 12.1. The van der Waals surface area contributed by atoms with Gasteiger partial charge in [-0.2, -0.15) is 8.42 Å². The molecular formula is C27H51FO10S. The van der Waals surface area contributed by atoms with Crippen molar-refractivity contribution in [2.24, 2.45) is 0 Å². The number of carbonyl (C=O) groups is 1. The third-order valence-corrected chi connectivity index (χ3v) is 7.69. The van der Waals surface area contributed by atoms with Crippen LogP contribution in [0.25, 0.3) is 0 Å². The van der Waals surface area contributed by atoms with Gasteiger partial charge in [0.15, 0.2) is 12.4 Å². The maximum Gasteiger partial charge on any atom is 0.306 e. The number of aliphatic hydroxyl groups is 3. The average Bonchev–Trinajstić information content (AvgIpc) is 2.88. The standard InChI is InChI=1S/C27H51FO10S/c1-2-3-4-5-6-7-8-9-10-11-12-13-14-15-16-17-23(29)37-21(18-28)19-36-27-26(32)25(31)24(30)22(38-27)20-39(33,34)35/h21-22,24-27,30-32H,2-20H2,1H3,(H,33,34,35)/t21?,22?,24-,25-,26?,27+/m0/s1/i28-1. The molecule has 0 saturated carbocycles. The number of rotatable bonds is 23. The highest BCUT2D eigenvalue weighted by atomic mass is 32.2. The zero-order chi connectivity index (χ0) is 29.1. The predicted molar refractivity (Wildman–Crippen MR) is 144 cm³/mol. The van der Waals surface area contributed by atoms with Gasteiger partial charge in [0.25, 0.3) is 10.1 Å². The van der Waals surface area contributed by atoms with Crippen LogP contribution in [0.2, 0.25) is 0 Å². The minimum atomic E-state index is -4.56. The Morgan fingerprint density at radius 2 is 1.31 bits per heavy atom. The summed E-state index contributed by atoms with van der Waals surface area (Å²) in [5.41, 5.74) is 0. The van der Waals surface area contributed by atoms with Crippen molar-refractivity contribution >= 4 is 16.1 Å². The summed E-state index contributed by atoms with van der Waals surface area (Å²) in [6.45, 7) is 0.649. The molecule has 1 rings (SSSR count). The molecule has 0 aromatic rings. The molecule has 1 fully saturated rings. The molecule has 0 radical (unpaired) electrons. The molecule has 10 nitrogen and oxygen atoms in total. The Kier molecular flexibility index (Phi) is 19.4. The second kappa shape index (κ2) is 20.9. The smallest absolute Gasteiger partial charge is 0.306 e. The summed E-state index contributed by atoms with van der Waals surface area (Å²) in [6.07, 6.45) is 8.29. The zero-order valence-corrected chi connectivity index (χ0v) is 24.2. The Morgan fingerprint density at radius 3 is 1.77 bits per heavy atom. The van der Waals surface area contributed by atoms with E-state index in [-0.39, 0.29) is 6.42 Å². The highest BCUT2D eigenvalue weighted by Gasteiger charge is 2.45. The molecule has 0 bridgehead atoms. The van der Waals surface area contributed by atoms with Crippen LogP contribution in [0.15, 0.2) is 0 Å². The van der Waals surface area contributed by atoms with E-state index in [0.29, 0.717) is 6.42 Å². The summed E-state index contributed by atoms with van der Waals surface area (Å²) < 4.78 is 60.0. The lowest BCUT2D eigenvalue weighted by Gasteiger charge is -2.40. The van der Waals surface area contributed by atoms with Crippen LogP contribution in [-0.4, -0.2) is 90.1 Å². The van der Waals surface area contributed by atoms with Crippen LogP contribution in [0.1, 0.15) is 110 Å². The number of carbonyl (C=O) groups excluding carboxylic acids is 1. The molecule has 0 aromatic heterocycles. The molecule has 1 saturated heterocycles. The predicted octanol–water partition coefficient (Wildman–Crippen LogP) is 3.84. The molecule has 0 aromatic carbocycles. The number of hydrogen-bond donors (Lipinski definition) is 4. The maximum atomic E-state index is 13.4. The van der Waals surface area contributed by atoms with E-state index < -0.39 is 71.9 Å². The summed E-state index contributed by atoms with van der Waals surface area (Å²) in [7, 11) is -4.56. The first kappa shape index (κ1) is 36.1. The van der Waals surface area contributed by atoms with Gasteiger partial charge in [0.2, 0.25) is 0 Å². The summed E-state index contributed by atoms with van der Waals surface area (Å²) in [5, 5.41) is 29.8. The van der Waals surface area contributed by atoms with E-state index in [1.165, 1.54) is 70.6 Å². The molecule has 0 aliphatic carbocycles. The Morgan fingerprint density at radius 1 is 0.821 bits per heavy atom. The van der Waals surface area contributed by atoms with E-state index in [1.54, 1.807) is 0 Å². The summed E-state index contributed by atoms with van der Waals surface area (Å²) in [6, 6.07) is 0. The number of alkyl halides is 1. The molecule has 0 spiro atoms. The van der Waals surface area contributed by atoms with Crippen molar-refractivity contribution in [3.63, 3.8) is 0 Å². The molecule has 0 amide bonds. The molecule has 6 atom stereocenters. The van der Waals surface area contributed by atoms with Crippen molar-refractivity contribution in [3.05, 3.63) is 0 Å². The SMILES string of the molecule is CCCCCCCCCCCCCCCCCC(=O)OC(C[18F])CO[C@@H]1OC(CS(=O)(=O)O)[C@H](O)[C@H](O)C1O. The average molecular weight is 586 g/mol. The fraction of sp³-hybridized carbons (Fsp3) is 0.963. The molecule has 39 heavy (non-hydrogen) atoms. The van der Waals surface area contributed by atoms with Crippen LogP contribution in [0.4, 0.5) is 4.39 Å². The van der Waals surface area contributed by atoms with E-state index in [1.807, 2.05) is 0 Å². The monoisotopic (exact) mass is 585 g/mol. The van der Waals surface area contributed by atoms with Gasteiger partial charge in [-0.05, 0) is 6.42 Å². The Balaban J connectivity index is 2.14. The normalized spacial score (nSPS) is 24.5. The second-order valence-corrected chi connectivity index (χ2v) is 12.1. The number of unbranched alkanes of at least 4 members (excludes halogenated alkanes) is 14. The van der Waals surface area contributed by atoms with E-state index in [0.717, 1.165) is 19.3 Å². The Bertz CT molecular complexity index is 738. The van der Waals surface area contributed by atoms with E-state index in [9.17, 15) is 32.9 Å². The van der Waals surface area contributed by atoms with Gasteiger partial charge in [0, 0.05) is 6.42 Å². The fourth-order valence-electron chi connectivity index (χ4n) is 4.60. The van der Waals surface area contributed by atoms with Gasteiger partial charge in [0.05, 0.1) is 6.61 Å². The minimum Gasteiger partial charge on any atom is -0.457 e. The van der Waals surface area contributed by atoms with Crippen LogP contribution in [-0.2, 0) is 29.1 Å². The first-order chi connectivity index (χ1) is 18.6. The third kappa shape index (κ3) is 16.8. The van der Waals surface area contributed by atoms with Gasteiger partial charge in [-0.15, -0.1) is 0 Å². The summed E-state index contributed by atoms with van der Waals surface area (Å²) in [5.74, 6) is -1.63.